The maximum atomic E-state index is 6.35. The third kappa shape index (κ3) is 2.85. The van der Waals surface area contributed by atoms with Crippen LogP contribution in [0.5, 0.6) is 0 Å². The van der Waals surface area contributed by atoms with E-state index >= 15 is 0 Å². The van der Waals surface area contributed by atoms with E-state index in [0.717, 1.165) is 12.0 Å². The molecule has 0 aliphatic heterocycles. The van der Waals surface area contributed by atoms with Crippen molar-refractivity contribution in [2.75, 3.05) is 7.05 Å². The molecule has 0 spiro atoms. The van der Waals surface area contributed by atoms with E-state index in [0.29, 0.717) is 17.5 Å². The first-order chi connectivity index (χ1) is 7.95. The molecule has 17 heavy (non-hydrogen) atoms. The Morgan fingerprint density at radius 1 is 1.18 bits per heavy atom. The molecule has 2 saturated carbocycles. The Bertz CT molecular complexity index is 258. The molecule has 0 heterocycles. The van der Waals surface area contributed by atoms with E-state index in [-0.39, 0.29) is 0 Å². The van der Waals surface area contributed by atoms with Crippen LogP contribution in [0, 0.1) is 11.3 Å². The zero-order valence-corrected chi connectivity index (χ0v) is 12.1. The van der Waals surface area contributed by atoms with Gasteiger partial charge in [0, 0.05) is 18.1 Å². The Labute approximate surface area is 107 Å². The molecular formula is C15H30N2. The summed E-state index contributed by atoms with van der Waals surface area (Å²) in [6, 6.07) is 1.88. The molecule has 0 aromatic heterocycles. The van der Waals surface area contributed by atoms with Gasteiger partial charge in [0.2, 0.25) is 0 Å². The van der Waals surface area contributed by atoms with Crippen molar-refractivity contribution in [3.63, 3.8) is 0 Å². The van der Waals surface area contributed by atoms with Gasteiger partial charge >= 0.3 is 0 Å². The van der Waals surface area contributed by atoms with Crippen molar-refractivity contribution in [3.05, 3.63) is 0 Å². The Balaban J connectivity index is 2.00. The van der Waals surface area contributed by atoms with Gasteiger partial charge in [-0.2, -0.15) is 0 Å². The van der Waals surface area contributed by atoms with Crippen LogP contribution in [-0.4, -0.2) is 30.1 Å². The Morgan fingerprint density at radius 3 is 2.35 bits per heavy atom. The summed E-state index contributed by atoms with van der Waals surface area (Å²) in [5, 5.41) is 0. The van der Waals surface area contributed by atoms with E-state index < -0.39 is 0 Å². The fourth-order valence-electron chi connectivity index (χ4n) is 3.39. The molecule has 0 amide bonds. The van der Waals surface area contributed by atoms with Crippen molar-refractivity contribution in [1.82, 2.24) is 4.90 Å². The van der Waals surface area contributed by atoms with Crippen molar-refractivity contribution < 1.29 is 0 Å². The minimum Gasteiger partial charge on any atom is -0.326 e. The maximum Gasteiger partial charge on any atom is 0.0249 e. The van der Waals surface area contributed by atoms with Gasteiger partial charge in [0.05, 0.1) is 0 Å². The van der Waals surface area contributed by atoms with E-state index in [4.69, 9.17) is 5.73 Å². The second-order valence-corrected chi connectivity index (χ2v) is 6.98. The molecule has 100 valence electrons. The molecule has 2 heteroatoms. The van der Waals surface area contributed by atoms with Crippen LogP contribution >= 0.6 is 0 Å². The molecule has 0 saturated heterocycles. The zero-order chi connectivity index (χ0) is 12.6. The second kappa shape index (κ2) is 4.89. The zero-order valence-electron chi connectivity index (χ0n) is 12.1. The highest BCUT2D eigenvalue weighted by Gasteiger charge is 2.40. The van der Waals surface area contributed by atoms with Crippen molar-refractivity contribution in [2.24, 2.45) is 17.1 Å². The summed E-state index contributed by atoms with van der Waals surface area (Å²) in [6.45, 7) is 7.19. The van der Waals surface area contributed by atoms with Gasteiger partial charge < -0.3 is 5.73 Å². The van der Waals surface area contributed by atoms with Crippen molar-refractivity contribution >= 4 is 0 Å². The SMILES string of the molecule is CCC(C)(C)C1CCC(N)C(N(C)C2CC2)C1. The molecule has 0 aromatic rings. The number of nitrogens with two attached hydrogens (primary N) is 1. The fraction of sp³-hybridized carbons (Fsp3) is 1.00. The van der Waals surface area contributed by atoms with Gasteiger partial charge in [0.15, 0.2) is 0 Å². The molecule has 2 nitrogen and oxygen atoms in total. The molecule has 2 N–H and O–H groups in total. The van der Waals surface area contributed by atoms with Crippen molar-refractivity contribution in [3.8, 4) is 0 Å². The Morgan fingerprint density at radius 2 is 1.82 bits per heavy atom. The van der Waals surface area contributed by atoms with Gasteiger partial charge in [-0.05, 0) is 50.5 Å². The van der Waals surface area contributed by atoms with Crippen LogP contribution in [0.3, 0.4) is 0 Å². The van der Waals surface area contributed by atoms with Crippen LogP contribution in [0.15, 0.2) is 0 Å². The molecule has 2 rings (SSSR count). The number of likely N-dealkylation sites (N-methyl/N-ethyl adjacent to an activating group) is 1. The molecule has 0 aromatic carbocycles. The van der Waals surface area contributed by atoms with Crippen molar-refractivity contribution in [2.45, 2.75) is 77.4 Å². The second-order valence-electron chi connectivity index (χ2n) is 6.98. The van der Waals surface area contributed by atoms with Crippen LogP contribution in [-0.2, 0) is 0 Å². The first-order valence-electron chi connectivity index (χ1n) is 7.43. The molecule has 3 unspecified atom stereocenters. The van der Waals surface area contributed by atoms with Gasteiger partial charge in [-0.1, -0.05) is 27.2 Å². The lowest BCUT2D eigenvalue weighted by molar-refractivity contribution is 0.0694. The average molecular weight is 238 g/mol. The van der Waals surface area contributed by atoms with Crippen LogP contribution in [0.4, 0.5) is 0 Å². The molecular weight excluding hydrogens is 208 g/mol. The smallest absolute Gasteiger partial charge is 0.0249 e. The third-order valence-corrected chi connectivity index (χ3v) is 5.53. The number of nitrogens with zero attached hydrogens (tertiary/aromatic N) is 1. The van der Waals surface area contributed by atoms with Gasteiger partial charge in [-0.15, -0.1) is 0 Å². The predicted octanol–water partition coefficient (Wildman–Crippen LogP) is 3.01. The maximum absolute atomic E-state index is 6.35. The number of rotatable bonds is 4. The molecule has 0 radical (unpaired) electrons. The molecule has 2 aliphatic rings. The van der Waals surface area contributed by atoms with Crippen LogP contribution in [0.1, 0.15) is 59.3 Å². The fourth-order valence-corrected chi connectivity index (χ4v) is 3.39. The summed E-state index contributed by atoms with van der Waals surface area (Å²) in [7, 11) is 2.30. The summed E-state index contributed by atoms with van der Waals surface area (Å²) in [6.07, 6.45) is 7.93. The molecule has 2 aliphatic carbocycles. The highest BCUT2D eigenvalue weighted by Crippen LogP contribution is 2.42. The lowest BCUT2D eigenvalue weighted by Gasteiger charge is -2.45. The highest BCUT2D eigenvalue weighted by atomic mass is 15.2. The quantitative estimate of drug-likeness (QED) is 0.816. The number of hydrogen-bond acceptors (Lipinski definition) is 2. The number of hydrogen-bond donors (Lipinski definition) is 1. The lowest BCUT2D eigenvalue weighted by atomic mass is 9.67. The normalized spacial score (nSPS) is 35.3. The minimum absolute atomic E-state index is 0.407. The van der Waals surface area contributed by atoms with Gasteiger partial charge in [-0.25, -0.2) is 0 Å². The predicted molar refractivity (Wildman–Crippen MR) is 74.0 cm³/mol. The topological polar surface area (TPSA) is 29.3 Å². The third-order valence-electron chi connectivity index (χ3n) is 5.53. The highest BCUT2D eigenvalue weighted by molar-refractivity contribution is 4.96. The van der Waals surface area contributed by atoms with E-state index in [9.17, 15) is 0 Å². The van der Waals surface area contributed by atoms with E-state index in [1.807, 2.05) is 0 Å². The van der Waals surface area contributed by atoms with Crippen LogP contribution < -0.4 is 5.73 Å². The molecule has 3 atom stereocenters. The Kier molecular flexibility index (Phi) is 3.84. The van der Waals surface area contributed by atoms with E-state index in [1.165, 1.54) is 38.5 Å². The standard InChI is InChI=1S/C15H30N2/c1-5-15(2,3)11-6-9-13(16)14(10-11)17(4)12-7-8-12/h11-14H,5-10,16H2,1-4H3. The van der Waals surface area contributed by atoms with Gasteiger partial charge in [-0.3, -0.25) is 4.90 Å². The summed E-state index contributed by atoms with van der Waals surface area (Å²) in [5.74, 6) is 0.860. The average Bonchev–Trinajstić information content (AvgIpc) is 3.12. The molecule has 0 bridgehead atoms. The lowest BCUT2D eigenvalue weighted by Crippen LogP contribution is -2.52. The van der Waals surface area contributed by atoms with Gasteiger partial charge in [0.25, 0.3) is 0 Å². The summed E-state index contributed by atoms with van der Waals surface area (Å²) < 4.78 is 0. The summed E-state index contributed by atoms with van der Waals surface area (Å²) >= 11 is 0. The van der Waals surface area contributed by atoms with Crippen molar-refractivity contribution in [1.29, 1.82) is 0 Å². The first kappa shape index (κ1) is 13.4. The van der Waals surface area contributed by atoms with E-state index in [1.54, 1.807) is 0 Å². The van der Waals surface area contributed by atoms with Crippen LogP contribution in [0.2, 0.25) is 0 Å². The van der Waals surface area contributed by atoms with E-state index in [2.05, 4.69) is 32.7 Å². The van der Waals surface area contributed by atoms with Gasteiger partial charge in [0.1, 0.15) is 0 Å². The monoisotopic (exact) mass is 238 g/mol. The first-order valence-corrected chi connectivity index (χ1v) is 7.43. The summed E-state index contributed by atoms with van der Waals surface area (Å²) in [4.78, 5) is 2.59. The largest absolute Gasteiger partial charge is 0.326 e. The van der Waals surface area contributed by atoms with Crippen LogP contribution in [0.25, 0.3) is 0 Å². The summed E-state index contributed by atoms with van der Waals surface area (Å²) in [5.41, 5.74) is 6.84. The Hall–Kier alpha value is -0.0800. The minimum atomic E-state index is 0.407. The molecule has 2 fully saturated rings.